The van der Waals surface area contributed by atoms with Crippen LogP contribution in [0.1, 0.15) is 22.2 Å². The van der Waals surface area contributed by atoms with Gasteiger partial charge in [0.1, 0.15) is 11.9 Å². The number of aromatic nitrogens is 4. The van der Waals surface area contributed by atoms with Gasteiger partial charge in [-0.2, -0.15) is 5.10 Å². The molecule has 3 aromatic rings. The number of carbonyl (C=O) groups is 1. The summed E-state index contributed by atoms with van der Waals surface area (Å²) in [4.78, 5) is 19.4. The SMILES string of the molecule is Cl.Cn1ccnc1C1CNCCN1C(=O)c1cnn2ccccc12. The van der Waals surface area contributed by atoms with Gasteiger partial charge in [0, 0.05) is 45.3 Å². The summed E-state index contributed by atoms with van der Waals surface area (Å²) in [5, 5.41) is 7.62. The van der Waals surface area contributed by atoms with Crippen molar-refractivity contribution in [3.05, 3.63) is 54.4 Å². The van der Waals surface area contributed by atoms with Crippen LogP contribution < -0.4 is 5.32 Å². The minimum absolute atomic E-state index is 0. The first-order valence-corrected chi connectivity index (χ1v) is 7.67. The number of amides is 1. The first-order valence-electron chi connectivity index (χ1n) is 7.67. The molecule has 126 valence electrons. The highest BCUT2D eigenvalue weighted by molar-refractivity contribution is 6.00. The first-order chi connectivity index (χ1) is 11.3. The molecule has 4 rings (SSSR count). The Morgan fingerprint density at radius 1 is 1.33 bits per heavy atom. The highest BCUT2D eigenvalue weighted by Gasteiger charge is 2.32. The molecule has 1 aliphatic rings. The molecule has 0 aromatic carbocycles. The molecule has 1 fully saturated rings. The molecular formula is C16H19ClN6O. The van der Waals surface area contributed by atoms with Crippen LogP contribution in [0.2, 0.25) is 0 Å². The zero-order chi connectivity index (χ0) is 15.8. The lowest BCUT2D eigenvalue weighted by Crippen LogP contribution is -2.49. The van der Waals surface area contributed by atoms with Gasteiger partial charge in [0.2, 0.25) is 0 Å². The van der Waals surface area contributed by atoms with E-state index in [2.05, 4.69) is 15.4 Å². The van der Waals surface area contributed by atoms with Gasteiger partial charge in [-0.25, -0.2) is 9.50 Å². The van der Waals surface area contributed by atoms with Crippen LogP contribution in [0.4, 0.5) is 0 Å². The summed E-state index contributed by atoms with van der Waals surface area (Å²) in [6.07, 6.45) is 7.17. The lowest BCUT2D eigenvalue weighted by molar-refractivity contribution is 0.0623. The summed E-state index contributed by atoms with van der Waals surface area (Å²) in [5.41, 5.74) is 1.46. The summed E-state index contributed by atoms with van der Waals surface area (Å²) in [6.45, 7) is 2.14. The van der Waals surface area contributed by atoms with Crippen LogP contribution in [0.3, 0.4) is 0 Å². The number of carbonyl (C=O) groups excluding carboxylic acids is 1. The van der Waals surface area contributed by atoms with Crippen molar-refractivity contribution in [3.63, 3.8) is 0 Å². The van der Waals surface area contributed by atoms with E-state index in [9.17, 15) is 4.79 Å². The largest absolute Gasteiger partial charge is 0.336 e. The number of halogens is 1. The highest BCUT2D eigenvalue weighted by atomic mass is 35.5. The second-order valence-electron chi connectivity index (χ2n) is 5.70. The van der Waals surface area contributed by atoms with Gasteiger partial charge in [-0.05, 0) is 12.1 Å². The van der Waals surface area contributed by atoms with E-state index in [1.165, 1.54) is 0 Å². The van der Waals surface area contributed by atoms with E-state index in [1.54, 1.807) is 16.9 Å². The third kappa shape index (κ3) is 2.65. The zero-order valence-electron chi connectivity index (χ0n) is 13.3. The Balaban J connectivity index is 0.00000169. The Morgan fingerprint density at radius 2 is 2.21 bits per heavy atom. The Kier molecular flexibility index (Phi) is 4.55. The molecule has 0 radical (unpaired) electrons. The van der Waals surface area contributed by atoms with E-state index >= 15 is 0 Å². The van der Waals surface area contributed by atoms with Crippen molar-refractivity contribution in [3.8, 4) is 0 Å². The number of imidazole rings is 1. The number of rotatable bonds is 2. The molecule has 1 aliphatic heterocycles. The molecule has 1 atom stereocenters. The van der Waals surface area contributed by atoms with Crippen LogP contribution >= 0.6 is 12.4 Å². The number of hydrogen-bond donors (Lipinski definition) is 1. The number of nitrogens with one attached hydrogen (secondary N) is 1. The molecular weight excluding hydrogens is 328 g/mol. The van der Waals surface area contributed by atoms with Gasteiger partial charge >= 0.3 is 0 Å². The Hall–Kier alpha value is -2.38. The van der Waals surface area contributed by atoms with Crippen molar-refractivity contribution in [2.75, 3.05) is 19.6 Å². The molecule has 3 aromatic heterocycles. The fourth-order valence-electron chi connectivity index (χ4n) is 3.13. The second kappa shape index (κ2) is 6.62. The predicted molar refractivity (Wildman–Crippen MR) is 92.3 cm³/mol. The maximum atomic E-state index is 13.1. The van der Waals surface area contributed by atoms with Crippen molar-refractivity contribution < 1.29 is 4.79 Å². The topological polar surface area (TPSA) is 67.5 Å². The smallest absolute Gasteiger partial charge is 0.258 e. The van der Waals surface area contributed by atoms with Crippen molar-refractivity contribution >= 4 is 23.8 Å². The van der Waals surface area contributed by atoms with Crippen molar-refractivity contribution in [2.45, 2.75) is 6.04 Å². The van der Waals surface area contributed by atoms with Crippen LogP contribution in [-0.4, -0.2) is 49.6 Å². The molecule has 24 heavy (non-hydrogen) atoms. The number of pyridine rings is 1. The highest BCUT2D eigenvalue weighted by Crippen LogP contribution is 2.24. The van der Waals surface area contributed by atoms with Crippen LogP contribution in [0.5, 0.6) is 0 Å². The molecule has 1 saturated heterocycles. The lowest BCUT2D eigenvalue weighted by Gasteiger charge is -2.35. The van der Waals surface area contributed by atoms with Gasteiger partial charge in [-0.3, -0.25) is 4.79 Å². The van der Waals surface area contributed by atoms with Gasteiger partial charge in [-0.15, -0.1) is 12.4 Å². The number of piperazine rings is 1. The maximum absolute atomic E-state index is 13.1. The van der Waals surface area contributed by atoms with Gasteiger partial charge in [0.15, 0.2) is 0 Å². The van der Waals surface area contributed by atoms with E-state index in [4.69, 9.17) is 0 Å². The van der Waals surface area contributed by atoms with Crippen LogP contribution in [0.25, 0.3) is 5.52 Å². The standard InChI is InChI=1S/C16H18N6O.ClH/c1-20-8-6-18-15(20)14-11-17-5-9-21(14)16(23)12-10-19-22-7-3-2-4-13(12)22;/h2-4,6-8,10,14,17H,5,9,11H2,1H3;1H. The molecule has 0 saturated carbocycles. The van der Waals surface area contributed by atoms with E-state index in [-0.39, 0.29) is 24.4 Å². The second-order valence-corrected chi connectivity index (χ2v) is 5.70. The van der Waals surface area contributed by atoms with Crippen molar-refractivity contribution in [1.29, 1.82) is 0 Å². The third-order valence-electron chi connectivity index (χ3n) is 4.32. The lowest BCUT2D eigenvalue weighted by atomic mass is 10.1. The number of nitrogens with zero attached hydrogens (tertiary/aromatic N) is 5. The fourth-order valence-corrected chi connectivity index (χ4v) is 3.13. The summed E-state index contributed by atoms with van der Waals surface area (Å²) < 4.78 is 3.69. The molecule has 4 heterocycles. The molecule has 1 unspecified atom stereocenters. The predicted octanol–water partition coefficient (Wildman–Crippen LogP) is 1.28. The summed E-state index contributed by atoms with van der Waals surface area (Å²) in [7, 11) is 1.95. The average molecular weight is 347 g/mol. The molecule has 0 aliphatic carbocycles. The fraction of sp³-hybridized carbons (Fsp3) is 0.312. The van der Waals surface area contributed by atoms with Crippen LogP contribution in [0, 0.1) is 0 Å². The monoisotopic (exact) mass is 346 g/mol. The maximum Gasteiger partial charge on any atom is 0.258 e. The van der Waals surface area contributed by atoms with Crippen molar-refractivity contribution in [2.24, 2.45) is 7.05 Å². The molecule has 7 nitrogen and oxygen atoms in total. The number of hydrogen-bond acceptors (Lipinski definition) is 4. The third-order valence-corrected chi connectivity index (χ3v) is 4.32. The summed E-state index contributed by atoms with van der Waals surface area (Å²) in [6, 6.07) is 5.66. The number of aryl methyl sites for hydroxylation is 1. The molecule has 0 spiro atoms. The van der Waals surface area contributed by atoms with E-state index in [0.717, 1.165) is 17.9 Å². The summed E-state index contributed by atoms with van der Waals surface area (Å²) in [5.74, 6) is 0.891. The Bertz CT molecular complexity index is 857. The molecule has 0 bridgehead atoms. The van der Waals surface area contributed by atoms with Gasteiger partial charge < -0.3 is 14.8 Å². The van der Waals surface area contributed by atoms with Crippen molar-refractivity contribution in [1.82, 2.24) is 29.4 Å². The summed E-state index contributed by atoms with van der Waals surface area (Å²) >= 11 is 0. The molecule has 8 heteroatoms. The van der Waals surface area contributed by atoms with Gasteiger partial charge in [0.25, 0.3) is 5.91 Å². The average Bonchev–Trinajstić information content (AvgIpc) is 3.20. The zero-order valence-corrected chi connectivity index (χ0v) is 14.1. The molecule has 1 N–H and O–H groups in total. The minimum atomic E-state index is -0.0742. The first kappa shape index (κ1) is 16.5. The Labute approximate surface area is 145 Å². The number of fused-ring (bicyclic) bond motifs is 1. The van der Waals surface area contributed by atoms with E-state index in [1.807, 2.05) is 47.1 Å². The van der Waals surface area contributed by atoms with Crippen LogP contribution in [0.15, 0.2) is 43.0 Å². The van der Waals surface area contributed by atoms with Crippen LogP contribution in [-0.2, 0) is 7.05 Å². The van der Waals surface area contributed by atoms with E-state index < -0.39 is 0 Å². The minimum Gasteiger partial charge on any atom is -0.336 e. The van der Waals surface area contributed by atoms with Gasteiger partial charge in [0.05, 0.1) is 17.3 Å². The normalized spacial score (nSPS) is 17.7. The van der Waals surface area contributed by atoms with Gasteiger partial charge in [-0.1, -0.05) is 6.07 Å². The quantitative estimate of drug-likeness (QED) is 0.759. The van der Waals surface area contributed by atoms with E-state index in [0.29, 0.717) is 18.7 Å². The molecule has 1 amide bonds. The Morgan fingerprint density at radius 3 is 3.00 bits per heavy atom.